The molecule has 0 aromatic carbocycles. The van der Waals surface area contributed by atoms with Gasteiger partial charge in [-0.15, -0.1) is 0 Å². The van der Waals surface area contributed by atoms with Gasteiger partial charge in [0, 0.05) is 11.3 Å². The van der Waals surface area contributed by atoms with Crippen LogP contribution in [0.15, 0.2) is 0 Å². The second kappa shape index (κ2) is 2.18. The Morgan fingerprint density at radius 1 is 1.23 bits per heavy atom. The van der Waals surface area contributed by atoms with Gasteiger partial charge in [-0.3, -0.25) is 4.79 Å². The molecule has 0 aromatic rings. The molecule has 3 aliphatic carbocycles. The van der Waals surface area contributed by atoms with Crippen molar-refractivity contribution < 1.29 is 4.79 Å². The summed E-state index contributed by atoms with van der Waals surface area (Å²) < 4.78 is 0. The van der Waals surface area contributed by atoms with Crippen LogP contribution in [0, 0.1) is 29.1 Å². The number of Topliss-reactive ketones (excluding diaryl/α,β-unsaturated/α-hetero) is 1. The first kappa shape index (κ1) is 8.02. The molecule has 1 heteroatoms. The smallest absolute Gasteiger partial charge is 0.142 e. The van der Waals surface area contributed by atoms with Gasteiger partial charge in [-0.2, -0.15) is 0 Å². The lowest BCUT2D eigenvalue weighted by Crippen LogP contribution is -2.38. The lowest BCUT2D eigenvalue weighted by Gasteiger charge is -2.36. The Morgan fingerprint density at radius 2 is 1.92 bits per heavy atom. The molecule has 4 unspecified atom stereocenters. The van der Waals surface area contributed by atoms with Crippen LogP contribution in [0.5, 0.6) is 0 Å². The molecular weight excluding hydrogens is 160 g/mol. The summed E-state index contributed by atoms with van der Waals surface area (Å²) in [5, 5.41) is 0. The molecule has 3 saturated carbocycles. The van der Waals surface area contributed by atoms with Gasteiger partial charge in [0.25, 0.3) is 0 Å². The highest BCUT2D eigenvalue weighted by molar-refractivity contribution is 5.90. The lowest BCUT2D eigenvalue weighted by atomic mass is 9.67. The molecule has 0 heterocycles. The van der Waals surface area contributed by atoms with Crippen molar-refractivity contribution in [2.75, 3.05) is 0 Å². The third-order valence-electron chi connectivity index (χ3n) is 5.07. The highest BCUT2D eigenvalue weighted by Gasteiger charge is 2.62. The molecular formula is C12H18O. The molecule has 0 aromatic heterocycles. The SMILES string of the molecule is CC1(C)C(=O)C2CC1C1CCCC21. The van der Waals surface area contributed by atoms with Crippen LogP contribution in [0.3, 0.4) is 0 Å². The molecule has 0 saturated heterocycles. The summed E-state index contributed by atoms with van der Waals surface area (Å²) in [4.78, 5) is 12.0. The van der Waals surface area contributed by atoms with Crippen LogP contribution in [0.2, 0.25) is 0 Å². The van der Waals surface area contributed by atoms with Crippen molar-refractivity contribution in [2.24, 2.45) is 29.1 Å². The number of rotatable bonds is 0. The standard InChI is InChI=1S/C12H18O/c1-12(2)10-6-9(11(12)13)7-4-3-5-8(7)10/h7-10H,3-6H2,1-2H3. The topological polar surface area (TPSA) is 17.1 Å². The third-order valence-corrected chi connectivity index (χ3v) is 5.07. The van der Waals surface area contributed by atoms with Crippen molar-refractivity contribution in [2.45, 2.75) is 39.5 Å². The van der Waals surface area contributed by atoms with Gasteiger partial charge in [-0.05, 0) is 37.0 Å². The van der Waals surface area contributed by atoms with Gasteiger partial charge in [0.05, 0.1) is 0 Å². The van der Waals surface area contributed by atoms with Gasteiger partial charge in [-0.25, -0.2) is 0 Å². The van der Waals surface area contributed by atoms with Crippen molar-refractivity contribution in [3.63, 3.8) is 0 Å². The van der Waals surface area contributed by atoms with E-state index in [1.54, 1.807) is 0 Å². The fraction of sp³-hybridized carbons (Fsp3) is 0.917. The van der Waals surface area contributed by atoms with Gasteiger partial charge < -0.3 is 0 Å². The first-order valence-electron chi connectivity index (χ1n) is 5.66. The fourth-order valence-corrected chi connectivity index (χ4v) is 4.43. The zero-order valence-electron chi connectivity index (χ0n) is 8.55. The first-order valence-corrected chi connectivity index (χ1v) is 5.66. The minimum Gasteiger partial charge on any atom is -0.299 e. The molecule has 3 fully saturated rings. The Morgan fingerprint density at radius 3 is 2.69 bits per heavy atom. The normalized spacial score (nSPS) is 51.4. The van der Waals surface area contributed by atoms with Crippen molar-refractivity contribution >= 4 is 5.78 Å². The fourth-order valence-electron chi connectivity index (χ4n) is 4.43. The monoisotopic (exact) mass is 178 g/mol. The Bertz CT molecular complexity index is 266. The minimum absolute atomic E-state index is 0.0240. The largest absolute Gasteiger partial charge is 0.299 e. The maximum atomic E-state index is 12.0. The van der Waals surface area contributed by atoms with Crippen molar-refractivity contribution in [1.82, 2.24) is 0 Å². The average molecular weight is 178 g/mol. The molecule has 2 bridgehead atoms. The number of hydrogen-bond acceptors (Lipinski definition) is 1. The van der Waals surface area contributed by atoms with Crippen LogP contribution in [-0.4, -0.2) is 5.78 Å². The Balaban J connectivity index is 2.01. The van der Waals surface area contributed by atoms with Crippen LogP contribution in [0.25, 0.3) is 0 Å². The number of ketones is 1. The summed E-state index contributed by atoms with van der Waals surface area (Å²) in [6.45, 7) is 4.35. The molecule has 4 atom stereocenters. The molecule has 3 aliphatic rings. The van der Waals surface area contributed by atoms with Crippen molar-refractivity contribution in [1.29, 1.82) is 0 Å². The summed E-state index contributed by atoms with van der Waals surface area (Å²) in [6.07, 6.45) is 5.35. The van der Waals surface area contributed by atoms with Crippen molar-refractivity contribution in [3.8, 4) is 0 Å². The minimum atomic E-state index is 0.0240. The summed E-state index contributed by atoms with van der Waals surface area (Å²) in [7, 11) is 0. The number of carbonyl (C=O) groups excluding carboxylic acids is 1. The molecule has 72 valence electrons. The molecule has 0 spiro atoms. The third kappa shape index (κ3) is 0.769. The van der Waals surface area contributed by atoms with Crippen LogP contribution in [-0.2, 0) is 4.79 Å². The van der Waals surface area contributed by atoms with Crippen LogP contribution in [0.1, 0.15) is 39.5 Å². The molecule has 0 radical (unpaired) electrons. The predicted octanol–water partition coefficient (Wildman–Crippen LogP) is 2.65. The van der Waals surface area contributed by atoms with Gasteiger partial charge in [0.2, 0.25) is 0 Å². The van der Waals surface area contributed by atoms with E-state index in [1.165, 1.54) is 25.7 Å². The zero-order chi connectivity index (χ0) is 9.22. The molecule has 0 N–H and O–H groups in total. The summed E-state index contributed by atoms with van der Waals surface area (Å²) in [5.41, 5.74) is 0.0240. The van der Waals surface area contributed by atoms with Gasteiger partial charge >= 0.3 is 0 Å². The average Bonchev–Trinajstić information content (AvgIpc) is 2.63. The van der Waals surface area contributed by atoms with Crippen molar-refractivity contribution in [3.05, 3.63) is 0 Å². The van der Waals surface area contributed by atoms with Gasteiger partial charge in [0.1, 0.15) is 5.78 Å². The van der Waals surface area contributed by atoms with Crippen LogP contribution in [0.4, 0.5) is 0 Å². The van der Waals surface area contributed by atoms with E-state index in [0.717, 1.165) is 17.8 Å². The zero-order valence-corrected chi connectivity index (χ0v) is 8.55. The second-order valence-electron chi connectivity index (χ2n) is 5.79. The van der Waals surface area contributed by atoms with Gasteiger partial charge in [0.15, 0.2) is 0 Å². The maximum absolute atomic E-state index is 12.0. The Kier molecular flexibility index (Phi) is 1.35. The molecule has 0 amide bonds. The predicted molar refractivity (Wildman–Crippen MR) is 51.2 cm³/mol. The number of carbonyl (C=O) groups is 1. The molecule has 13 heavy (non-hydrogen) atoms. The Labute approximate surface area is 79.9 Å². The Hall–Kier alpha value is -0.330. The number of fused-ring (bicyclic) bond motifs is 5. The summed E-state index contributed by atoms with van der Waals surface area (Å²) in [6, 6.07) is 0. The van der Waals surface area contributed by atoms with Crippen LogP contribution < -0.4 is 0 Å². The van der Waals surface area contributed by atoms with E-state index < -0.39 is 0 Å². The second-order valence-corrected chi connectivity index (χ2v) is 5.79. The first-order chi connectivity index (χ1) is 6.12. The van der Waals surface area contributed by atoms with E-state index >= 15 is 0 Å². The lowest BCUT2D eigenvalue weighted by molar-refractivity contribution is -0.133. The summed E-state index contributed by atoms with van der Waals surface area (Å²) >= 11 is 0. The number of hydrogen-bond donors (Lipinski definition) is 0. The maximum Gasteiger partial charge on any atom is 0.142 e. The quantitative estimate of drug-likeness (QED) is 0.557. The summed E-state index contributed by atoms with van der Waals surface area (Å²) in [5.74, 6) is 3.49. The van der Waals surface area contributed by atoms with E-state index in [9.17, 15) is 4.79 Å². The molecule has 3 rings (SSSR count). The van der Waals surface area contributed by atoms with Gasteiger partial charge in [-0.1, -0.05) is 20.3 Å². The molecule has 1 nitrogen and oxygen atoms in total. The van der Waals surface area contributed by atoms with E-state index in [4.69, 9.17) is 0 Å². The van der Waals surface area contributed by atoms with E-state index in [2.05, 4.69) is 13.8 Å². The van der Waals surface area contributed by atoms with E-state index in [1.807, 2.05) is 0 Å². The highest BCUT2D eigenvalue weighted by Crippen LogP contribution is 2.63. The van der Waals surface area contributed by atoms with E-state index in [0.29, 0.717) is 11.7 Å². The van der Waals surface area contributed by atoms with Crippen LogP contribution >= 0.6 is 0 Å². The van der Waals surface area contributed by atoms with E-state index in [-0.39, 0.29) is 5.41 Å². The molecule has 0 aliphatic heterocycles. The highest BCUT2D eigenvalue weighted by atomic mass is 16.1.